The number of H-pyrrole nitrogens is 1. The number of hydrogen-bond acceptors (Lipinski definition) is 8. The Balaban J connectivity index is 0.00000289. The SMILES string of the molecule is CN(C)C[C@@H](OC(=O)N1Cc2c(Nc3ncnc4sccc34)n[nH]c2C1(C)C)c1ccccc1.S. The van der Waals surface area contributed by atoms with E-state index >= 15 is 0 Å². The predicted molar refractivity (Wildman–Crippen MR) is 142 cm³/mol. The number of aromatic amines is 1. The van der Waals surface area contributed by atoms with Crippen LogP contribution < -0.4 is 5.32 Å². The van der Waals surface area contributed by atoms with Crippen molar-refractivity contribution in [2.24, 2.45) is 0 Å². The summed E-state index contributed by atoms with van der Waals surface area (Å²) >= 11 is 1.56. The number of nitrogens with zero attached hydrogens (tertiary/aromatic N) is 5. The fourth-order valence-electron chi connectivity index (χ4n) is 4.31. The summed E-state index contributed by atoms with van der Waals surface area (Å²) in [6.07, 6.45) is 0.802. The van der Waals surface area contributed by atoms with E-state index in [1.807, 2.05) is 74.6 Å². The number of rotatable bonds is 6. The molecule has 1 amide bonds. The number of thiophene rings is 1. The van der Waals surface area contributed by atoms with Gasteiger partial charge in [-0.1, -0.05) is 30.3 Å². The quantitative estimate of drug-likeness (QED) is 0.385. The molecule has 0 saturated carbocycles. The van der Waals surface area contributed by atoms with Gasteiger partial charge in [0.25, 0.3) is 0 Å². The van der Waals surface area contributed by atoms with Crippen molar-refractivity contribution in [1.82, 2.24) is 30.0 Å². The van der Waals surface area contributed by atoms with Crippen molar-refractivity contribution < 1.29 is 9.53 Å². The molecule has 0 radical (unpaired) electrons. The molecule has 1 aliphatic rings. The van der Waals surface area contributed by atoms with E-state index in [0.29, 0.717) is 24.7 Å². The lowest BCUT2D eigenvalue weighted by Gasteiger charge is -2.33. The molecule has 1 aromatic carbocycles. The number of ether oxygens (including phenoxy) is 1. The van der Waals surface area contributed by atoms with E-state index < -0.39 is 5.54 Å². The van der Waals surface area contributed by atoms with Crippen LogP contribution >= 0.6 is 24.8 Å². The number of anilines is 2. The summed E-state index contributed by atoms with van der Waals surface area (Å²) < 4.78 is 6.04. The summed E-state index contributed by atoms with van der Waals surface area (Å²) in [5, 5.41) is 13.9. The Hall–Kier alpha value is -3.15. The molecule has 11 heteroatoms. The zero-order valence-electron chi connectivity index (χ0n) is 20.1. The van der Waals surface area contributed by atoms with Crippen molar-refractivity contribution in [1.29, 1.82) is 0 Å². The number of nitrogens with one attached hydrogen (secondary N) is 2. The van der Waals surface area contributed by atoms with Crippen LogP contribution in [0.4, 0.5) is 16.4 Å². The van der Waals surface area contributed by atoms with Crippen LogP contribution in [0.1, 0.15) is 36.8 Å². The first kappa shape index (κ1) is 25.0. The van der Waals surface area contributed by atoms with E-state index in [2.05, 4.69) is 25.5 Å². The largest absolute Gasteiger partial charge is 0.440 e. The summed E-state index contributed by atoms with van der Waals surface area (Å²) in [5.41, 5.74) is 2.16. The zero-order chi connectivity index (χ0) is 23.9. The zero-order valence-corrected chi connectivity index (χ0v) is 21.9. The molecule has 9 nitrogen and oxygen atoms in total. The van der Waals surface area contributed by atoms with Gasteiger partial charge in [0.05, 0.1) is 23.2 Å². The fraction of sp³-hybridized carbons (Fsp3) is 0.333. The molecular formula is C24H29N7O2S2. The van der Waals surface area contributed by atoms with Gasteiger partial charge in [0, 0.05) is 12.1 Å². The Morgan fingerprint density at radius 2 is 2.00 bits per heavy atom. The van der Waals surface area contributed by atoms with Crippen molar-refractivity contribution in [3.05, 3.63) is 64.9 Å². The highest BCUT2D eigenvalue weighted by Crippen LogP contribution is 2.42. The van der Waals surface area contributed by atoms with Crippen molar-refractivity contribution in [3.8, 4) is 0 Å². The Labute approximate surface area is 215 Å². The molecule has 0 unspecified atom stereocenters. The normalized spacial score (nSPS) is 15.1. The maximum absolute atomic E-state index is 13.4. The molecule has 35 heavy (non-hydrogen) atoms. The Morgan fingerprint density at radius 1 is 1.23 bits per heavy atom. The van der Waals surface area contributed by atoms with Crippen LogP contribution in [0.3, 0.4) is 0 Å². The van der Waals surface area contributed by atoms with Crippen molar-refractivity contribution in [2.75, 3.05) is 26.0 Å². The number of aromatic nitrogens is 4. The minimum absolute atomic E-state index is 0. The van der Waals surface area contributed by atoms with Crippen molar-refractivity contribution in [2.45, 2.75) is 32.0 Å². The molecule has 3 aromatic heterocycles. The Bertz CT molecular complexity index is 1320. The maximum atomic E-state index is 13.4. The molecular weight excluding hydrogens is 482 g/mol. The minimum atomic E-state index is -0.609. The summed E-state index contributed by atoms with van der Waals surface area (Å²) in [7, 11) is 3.94. The van der Waals surface area contributed by atoms with Crippen LogP contribution in [0.15, 0.2) is 48.1 Å². The molecule has 0 aliphatic carbocycles. The summed E-state index contributed by atoms with van der Waals surface area (Å²) in [6, 6.07) is 11.8. The number of hydrogen-bond donors (Lipinski definition) is 2. The third kappa shape index (κ3) is 4.71. The van der Waals surface area contributed by atoms with E-state index in [4.69, 9.17) is 4.74 Å². The molecule has 1 aliphatic heterocycles. The first-order valence-corrected chi connectivity index (χ1v) is 11.9. The van der Waals surface area contributed by atoms with E-state index in [1.165, 1.54) is 6.33 Å². The third-order valence-corrected chi connectivity index (χ3v) is 6.96. The van der Waals surface area contributed by atoms with Crippen LogP contribution in [-0.2, 0) is 16.8 Å². The van der Waals surface area contributed by atoms with Gasteiger partial charge in [-0.3, -0.25) is 10.00 Å². The highest BCUT2D eigenvalue weighted by molar-refractivity contribution is 7.59. The third-order valence-electron chi connectivity index (χ3n) is 6.13. The lowest BCUT2D eigenvalue weighted by Crippen LogP contribution is -2.42. The van der Waals surface area contributed by atoms with Crippen LogP contribution in [0.2, 0.25) is 0 Å². The highest BCUT2D eigenvalue weighted by atomic mass is 32.1. The minimum Gasteiger partial charge on any atom is -0.440 e. The number of likely N-dealkylation sites (N-methyl/N-ethyl adjacent to an activating group) is 1. The fourth-order valence-corrected chi connectivity index (χ4v) is 5.04. The Morgan fingerprint density at radius 3 is 2.74 bits per heavy atom. The molecule has 0 bridgehead atoms. The molecule has 0 spiro atoms. The van der Waals surface area contributed by atoms with Crippen LogP contribution in [-0.4, -0.2) is 56.7 Å². The van der Waals surface area contributed by atoms with Gasteiger partial charge >= 0.3 is 6.09 Å². The molecule has 1 atom stereocenters. The number of benzene rings is 1. The van der Waals surface area contributed by atoms with Gasteiger partial charge in [-0.2, -0.15) is 18.6 Å². The standard InChI is InChI=1S/C24H27N7O2S.H2S/c1-24(2)19-17(21(29-28-19)27-20-16-10-11-34-22(16)26-14-25-20)12-31(24)23(32)33-18(13-30(3)4)15-8-6-5-7-9-15;/h5-11,14,18H,12-13H2,1-4H3,(H2,25,26,27,28,29);1H2/t18-;/m1./s1. The van der Waals surface area contributed by atoms with Crippen molar-refractivity contribution >= 4 is 52.8 Å². The number of carbonyl (C=O) groups is 1. The van der Waals surface area contributed by atoms with Gasteiger partial charge in [-0.25, -0.2) is 14.8 Å². The van der Waals surface area contributed by atoms with Crippen LogP contribution in [0, 0.1) is 0 Å². The molecule has 184 valence electrons. The van der Waals surface area contributed by atoms with Gasteiger partial charge in [-0.15, -0.1) is 11.3 Å². The summed E-state index contributed by atoms with van der Waals surface area (Å²) in [6.45, 7) is 4.95. The average molecular weight is 512 g/mol. The monoisotopic (exact) mass is 511 g/mol. The summed E-state index contributed by atoms with van der Waals surface area (Å²) in [5.74, 6) is 1.34. The van der Waals surface area contributed by atoms with Crippen LogP contribution in [0.5, 0.6) is 0 Å². The second-order valence-electron chi connectivity index (χ2n) is 9.10. The van der Waals surface area contributed by atoms with Gasteiger partial charge in [0.1, 0.15) is 23.1 Å². The smallest absolute Gasteiger partial charge is 0.411 e. The summed E-state index contributed by atoms with van der Waals surface area (Å²) in [4.78, 5) is 26.8. The second kappa shape index (κ2) is 9.84. The highest BCUT2D eigenvalue weighted by Gasteiger charge is 2.45. The van der Waals surface area contributed by atoms with Gasteiger partial charge in [0.15, 0.2) is 5.82 Å². The van der Waals surface area contributed by atoms with Gasteiger partial charge in [0.2, 0.25) is 0 Å². The van der Waals surface area contributed by atoms with E-state index in [-0.39, 0.29) is 25.7 Å². The average Bonchev–Trinajstić information content (AvgIpc) is 3.50. The van der Waals surface area contributed by atoms with Crippen LogP contribution in [0.25, 0.3) is 10.2 Å². The molecule has 0 fully saturated rings. The molecule has 5 rings (SSSR count). The van der Waals surface area contributed by atoms with Gasteiger partial charge < -0.3 is 15.0 Å². The topological polar surface area (TPSA) is 99.3 Å². The predicted octanol–water partition coefficient (Wildman–Crippen LogP) is 4.76. The molecule has 4 aromatic rings. The van der Waals surface area contributed by atoms with E-state index in [1.54, 1.807) is 16.2 Å². The number of fused-ring (bicyclic) bond motifs is 2. The molecule has 2 N–H and O–H groups in total. The van der Waals surface area contributed by atoms with E-state index in [9.17, 15) is 4.79 Å². The first-order valence-electron chi connectivity index (χ1n) is 11.1. The lowest BCUT2D eigenvalue weighted by atomic mass is 10.0. The van der Waals surface area contributed by atoms with E-state index in [0.717, 1.165) is 27.0 Å². The molecule has 4 heterocycles. The first-order chi connectivity index (χ1) is 16.3. The van der Waals surface area contributed by atoms with Gasteiger partial charge in [-0.05, 0) is 45.0 Å². The number of amides is 1. The maximum Gasteiger partial charge on any atom is 0.411 e. The number of carbonyl (C=O) groups excluding carboxylic acids is 1. The molecule has 0 saturated heterocycles. The second-order valence-corrected chi connectivity index (χ2v) is 10.00. The van der Waals surface area contributed by atoms with Crippen molar-refractivity contribution in [3.63, 3.8) is 0 Å². The lowest BCUT2D eigenvalue weighted by molar-refractivity contribution is 0.0259. The Kier molecular flexibility index (Phi) is 7.02.